The third-order valence-corrected chi connectivity index (χ3v) is 5.52. The first-order valence-electron chi connectivity index (χ1n) is 17.2. The van der Waals surface area contributed by atoms with Gasteiger partial charge in [0, 0.05) is 26.6 Å². The average Bonchev–Trinajstić information content (AvgIpc) is 3.01. The number of carboxylic acids is 2. The van der Waals surface area contributed by atoms with E-state index in [1.54, 1.807) is 7.05 Å². The van der Waals surface area contributed by atoms with Crippen LogP contribution in [0.1, 0.15) is 67.2 Å². The molecule has 302 valence electrons. The third-order valence-electron chi connectivity index (χ3n) is 5.52. The summed E-state index contributed by atoms with van der Waals surface area (Å²) in [5, 5.41) is 16.8. The molecule has 0 spiro atoms. The maximum Gasteiger partial charge on any atom is 0.410 e. The molecule has 17 nitrogen and oxygen atoms in total. The Kier molecular flexibility index (Phi) is 32.9. The van der Waals surface area contributed by atoms with Crippen molar-refractivity contribution in [3.63, 3.8) is 0 Å². The molecule has 0 aliphatic rings. The average molecular weight is 744 g/mol. The second-order valence-electron chi connectivity index (χ2n) is 12.8. The van der Waals surface area contributed by atoms with E-state index >= 15 is 0 Å². The molecule has 0 aliphatic carbocycles. The summed E-state index contributed by atoms with van der Waals surface area (Å²) in [6.45, 7) is 17.8. The summed E-state index contributed by atoms with van der Waals surface area (Å²) in [6.07, 6.45) is 0.597. The molecule has 0 aliphatic heterocycles. The summed E-state index contributed by atoms with van der Waals surface area (Å²) in [7, 11) is 1.66. The number of likely N-dealkylation sites (N-methyl/N-ethyl adjacent to an activating group) is 1. The van der Waals surface area contributed by atoms with E-state index < -0.39 is 23.1 Å². The van der Waals surface area contributed by atoms with E-state index in [2.05, 4.69) is 0 Å². The van der Waals surface area contributed by atoms with Gasteiger partial charge in [0.1, 0.15) is 11.2 Å². The van der Waals surface area contributed by atoms with Gasteiger partial charge >= 0.3 is 24.0 Å². The van der Waals surface area contributed by atoms with Gasteiger partial charge in [0.05, 0.1) is 112 Å². The van der Waals surface area contributed by atoms with E-state index in [0.29, 0.717) is 112 Å². The number of esters is 1. The Bertz CT molecular complexity index is 875. The highest BCUT2D eigenvalue weighted by atomic mass is 16.6. The van der Waals surface area contributed by atoms with Crippen LogP contribution in [-0.4, -0.2) is 170 Å². The van der Waals surface area contributed by atoms with Crippen molar-refractivity contribution < 1.29 is 76.8 Å². The van der Waals surface area contributed by atoms with Crippen LogP contribution in [0.2, 0.25) is 0 Å². The van der Waals surface area contributed by atoms with Gasteiger partial charge in [-0.2, -0.15) is 0 Å². The Hall–Kier alpha value is -2.64. The maximum absolute atomic E-state index is 11.7. The number of nitrogens with zero attached hydrogens (tertiary/aromatic N) is 1. The number of rotatable bonds is 31. The zero-order valence-corrected chi connectivity index (χ0v) is 31.9. The van der Waals surface area contributed by atoms with E-state index in [0.717, 1.165) is 0 Å². The Labute approximate surface area is 303 Å². The monoisotopic (exact) mass is 743 g/mol. The van der Waals surface area contributed by atoms with Crippen molar-refractivity contribution in [3.05, 3.63) is 0 Å². The Morgan fingerprint density at radius 2 is 0.765 bits per heavy atom. The van der Waals surface area contributed by atoms with Crippen molar-refractivity contribution in [1.82, 2.24) is 4.90 Å². The lowest BCUT2D eigenvalue weighted by Gasteiger charge is -2.24. The first-order chi connectivity index (χ1) is 24.0. The Morgan fingerprint density at radius 1 is 0.451 bits per heavy atom. The lowest BCUT2D eigenvalue weighted by atomic mass is 10.2. The number of amides is 1. The summed E-state index contributed by atoms with van der Waals surface area (Å²) in [5.74, 6) is -1.96. The lowest BCUT2D eigenvalue weighted by molar-refractivity contribution is -0.155. The van der Waals surface area contributed by atoms with Gasteiger partial charge in [-0.1, -0.05) is 0 Å². The van der Waals surface area contributed by atoms with Gasteiger partial charge in [0.2, 0.25) is 0 Å². The van der Waals surface area contributed by atoms with Crippen molar-refractivity contribution in [2.24, 2.45) is 0 Å². The van der Waals surface area contributed by atoms with Crippen LogP contribution in [0.4, 0.5) is 4.79 Å². The molecule has 0 atom stereocenters. The Balaban J connectivity index is 0. The largest absolute Gasteiger partial charge is 0.481 e. The minimum Gasteiger partial charge on any atom is -0.481 e. The number of hydrogen-bond acceptors (Lipinski definition) is 14. The van der Waals surface area contributed by atoms with E-state index in [1.807, 2.05) is 41.5 Å². The minimum atomic E-state index is -0.877. The van der Waals surface area contributed by atoms with Crippen LogP contribution in [0.5, 0.6) is 0 Å². The quantitative estimate of drug-likeness (QED) is 0.0774. The van der Waals surface area contributed by atoms with Crippen LogP contribution in [0, 0.1) is 0 Å². The normalized spacial score (nSPS) is 11.4. The zero-order valence-electron chi connectivity index (χ0n) is 31.9. The zero-order chi connectivity index (χ0) is 38.8. The summed E-state index contributed by atoms with van der Waals surface area (Å²) in [5.41, 5.74) is -0.953. The molecule has 0 saturated heterocycles. The molecule has 0 rings (SSSR count). The Morgan fingerprint density at radius 3 is 1.10 bits per heavy atom. The van der Waals surface area contributed by atoms with Crippen LogP contribution in [0.15, 0.2) is 0 Å². The number of carbonyl (C=O) groups excluding carboxylic acids is 2. The van der Waals surface area contributed by atoms with Gasteiger partial charge in [0.25, 0.3) is 0 Å². The molecule has 2 N–H and O–H groups in total. The van der Waals surface area contributed by atoms with Crippen molar-refractivity contribution in [1.29, 1.82) is 0 Å². The fraction of sp³-hybridized carbons (Fsp3) is 0.882. The number of hydrogen-bond donors (Lipinski definition) is 2. The molecular weight excluding hydrogens is 678 g/mol. The number of aliphatic carboxylic acids is 2. The predicted molar refractivity (Wildman–Crippen MR) is 185 cm³/mol. The first-order valence-corrected chi connectivity index (χ1v) is 17.2. The summed E-state index contributed by atoms with van der Waals surface area (Å²) in [6, 6.07) is 0. The van der Waals surface area contributed by atoms with Crippen LogP contribution >= 0.6 is 0 Å². The molecule has 0 aromatic rings. The lowest BCUT2D eigenvalue weighted by Crippen LogP contribution is -2.36. The molecule has 0 aromatic carbocycles. The summed E-state index contributed by atoms with van der Waals surface area (Å²) in [4.78, 5) is 45.1. The third kappa shape index (κ3) is 45.3. The number of carbonyl (C=O) groups is 4. The molecule has 0 radical (unpaired) electrons. The number of carboxylic acid groups (broad SMARTS) is 2. The van der Waals surface area contributed by atoms with Crippen molar-refractivity contribution in [2.75, 3.05) is 119 Å². The molecule has 0 aromatic heterocycles. The van der Waals surface area contributed by atoms with Crippen molar-refractivity contribution in [2.45, 2.75) is 78.4 Å². The predicted octanol–water partition coefficient (Wildman–Crippen LogP) is 3.04. The van der Waals surface area contributed by atoms with Gasteiger partial charge < -0.3 is 62.5 Å². The second kappa shape index (κ2) is 33.2. The molecule has 1 amide bonds. The van der Waals surface area contributed by atoms with Gasteiger partial charge in [-0.25, -0.2) is 4.79 Å². The summed E-state index contributed by atoms with van der Waals surface area (Å²) < 4.78 is 52.5. The molecular formula is C34H65NO16. The van der Waals surface area contributed by atoms with Crippen molar-refractivity contribution >= 4 is 24.0 Å². The molecule has 0 heterocycles. The van der Waals surface area contributed by atoms with E-state index in [-0.39, 0.29) is 38.1 Å². The SMILES string of the molecule is CC(C)(C)OC(=O)CCCOCCOCCOCCOCCC(=O)O.CN(CCOCCOCCOCCOCCC(=O)O)C(=O)OC(C)(C)C. The maximum atomic E-state index is 11.7. The minimum absolute atomic E-state index is 0.000878. The van der Waals surface area contributed by atoms with E-state index in [9.17, 15) is 19.2 Å². The molecule has 17 heteroatoms. The number of ether oxygens (including phenoxy) is 10. The van der Waals surface area contributed by atoms with Gasteiger partial charge in [-0.05, 0) is 48.0 Å². The van der Waals surface area contributed by atoms with E-state index in [1.165, 1.54) is 4.90 Å². The standard InChI is InChI=1S/C17H33NO8.C17H32O8/c1-17(2,3)26-16(21)18(4)6-8-23-10-12-25-14-13-24-11-9-22-7-5-15(19)20;1-17(2,3)25-16(20)5-4-7-21-9-11-23-13-14-24-12-10-22-8-6-15(18)19/h5-14H2,1-4H3,(H,19,20);4-14H2,1-3H3,(H,18,19). The van der Waals surface area contributed by atoms with Crippen LogP contribution in [0.3, 0.4) is 0 Å². The second-order valence-corrected chi connectivity index (χ2v) is 12.8. The fourth-order valence-electron chi connectivity index (χ4n) is 3.19. The highest BCUT2D eigenvalue weighted by Crippen LogP contribution is 2.09. The van der Waals surface area contributed by atoms with Gasteiger partial charge in [-0.15, -0.1) is 0 Å². The molecule has 0 unspecified atom stereocenters. The van der Waals surface area contributed by atoms with Crippen molar-refractivity contribution in [3.8, 4) is 0 Å². The highest BCUT2D eigenvalue weighted by Gasteiger charge is 2.19. The van der Waals surface area contributed by atoms with Crippen LogP contribution in [-0.2, 0) is 61.8 Å². The van der Waals surface area contributed by atoms with Crippen LogP contribution < -0.4 is 0 Å². The topological polar surface area (TPSA) is 204 Å². The highest BCUT2D eigenvalue weighted by molar-refractivity contribution is 5.69. The first kappa shape index (κ1) is 50.5. The molecule has 0 saturated carbocycles. The molecule has 51 heavy (non-hydrogen) atoms. The molecule has 0 bridgehead atoms. The van der Waals surface area contributed by atoms with E-state index in [4.69, 9.17) is 57.6 Å². The van der Waals surface area contributed by atoms with Crippen LogP contribution in [0.25, 0.3) is 0 Å². The summed E-state index contributed by atoms with van der Waals surface area (Å²) >= 11 is 0. The fourth-order valence-corrected chi connectivity index (χ4v) is 3.19. The smallest absolute Gasteiger partial charge is 0.410 e. The van der Waals surface area contributed by atoms with Gasteiger partial charge in [-0.3, -0.25) is 14.4 Å². The molecule has 0 fully saturated rings. The van der Waals surface area contributed by atoms with Gasteiger partial charge in [0.15, 0.2) is 0 Å².